The van der Waals surface area contributed by atoms with Crippen molar-refractivity contribution >= 4 is 9.84 Å². The van der Waals surface area contributed by atoms with Crippen molar-refractivity contribution in [2.24, 2.45) is 5.92 Å². The van der Waals surface area contributed by atoms with Gasteiger partial charge in [0, 0.05) is 6.61 Å². The number of hydrogen-bond donors (Lipinski definition) is 1. The molecule has 0 aromatic heterocycles. The van der Waals surface area contributed by atoms with E-state index in [9.17, 15) is 8.42 Å². The largest absolute Gasteiger partial charge is 0.396 e. The van der Waals surface area contributed by atoms with Gasteiger partial charge in [0.25, 0.3) is 0 Å². The molecule has 1 heterocycles. The van der Waals surface area contributed by atoms with Crippen molar-refractivity contribution in [3.8, 4) is 0 Å². The van der Waals surface area contributed by atoms with Gasteiger partial charge in [-0.05, 0) is 18.8 Å². The molecule has 60 valence electrons. The molecular formula is C6H12O3S. The van der Waals surface area contributed by atoms with Crippen LogP contribution in [0.4, 0.5) is 0 Å². The van der Waals surface area contributed by atoms with Crippen LogP contribution in [-0.4, -0.2) is 31.6 Å². The lowest BCUT2D eigenvalue weighted by molar-refractivity contribution is 0.228. The highest BCUT2D eigenvalue weighted by Gasteiger charge is 2.23. The minimum Gasteiger partial charge on any atom is -0.396 e. The van der Waals surface area contributed by atoms with Crippen molar-refractivity contribution in [3.63, 3.8) is 0 Å². The van der Waals surface area contributed by atoms with Gasteiger partial charge in [-0.3, -0.25) is 0 Å². The van der Waals surface area contributed by atoms with E-state index < -0.39 is 9.84 Å². The highest BCUT2D eigenvalue weighted by atomic mass is 32.2. The summed E-state index contributed by atoms with van der Waals surface area (Å²) >= 11 is 0. The Hall–Kier alpha value is -0.0900. The summed E-state index contributed by atoms with van der Waals surface area (Å²) in [6.45, 7) is 0.0131. The number of rotatable bonds is 1. The van der Waals surface area contributed by atoms with Crippen LogP contribution in [0, 0.1) is 5.92 Å². The Bertz CT molecular complexity index is 195. The van der Waals surface area contributed by atoms with Crippen molar-refractivity contribution in [3.05, 3.63) is 0 Å². The minimum absolute atomic E-state index is 0.00116. The highest BCUT2D eigenvalue weighted by Crippen LogP contribution is 2.16. The Balaban J connectivity index is 2.56. The Morgan fingerprint density at radius 1 is 1.50 bits per heavy atom. The lowest BCUT2D eigenvalue weighted by Crippen LogP contribution is -2.27. The van der Waals surface area contributed by atoms with Crippen LogP contribution < -0.4 is 0 Å². The summed E-state index contributed by atoms with van der Waals surface area (Å²) in [6, 6.07) is 0. The zero-order chi connectivity index (χ0) is 7.61. The van der Waals surface area contributed by atoms with E-state index in [1.807, 2.05) is 0 Å². The van der Waals surface area contributed by atoms with Gasteiger partial charge in [0.1, 0.15) is 0 Å². The molecule has 0 aromatic rings. The van der Waals surface area contributed by atoms with E-state index in [0.29, 0.717) is 12.2 Å². The zero-order valence-corrected chi connectivity index (χ0v) is 6.60. The van der Waals surface area contributed by atoms with Gasteiger partial charge < -0.3 is 5.11 Å². The summed E-state index contributed by atoms with van der Waals surface area (Å²) in [5.74, 6) is 0.492. The lowest BCUT2D eigenvalue weighted by Gasteiger charge is -2.18. The Morgan fingerprint density at radius 3 is 2.60 bits per heavy atom. The van der Waals surface area contributed by atoms with Crippen LogP contribution in [0.1, 0.15) is 12.8 Å². The predicted octanol–water partition coefficient (Wildman–Crippen LogP) is -0.197. The average molecular weight is 164 g/mol. The quantitative estimate of drug-likeness (QED) is 0.584. The maximum atomic E-state index is 10.9. The Kier molecular flexibility index (Phi) is 2.31. The van der Waals surface area contributed by atoms with Crippen LogP contribution in [0.15, 0.2) is 0 Å². The predicted molar refractivity (Wildman–Crippen MR) is 38.5 cm³/mol. The molecule has 3 nitrogen and oxygen atoms in total. The lowest BCUT2D eigenvalue weighted by atomic mass is 10.1. The van der Waals surface area contributed by atoms with Crippen molar-refractivity contribution in [2.75, 3.05) is 18.1 Å². The third-order valence-corrected chi connectivity index (χ3v) is 3.71. The van der Waals surface area contributed by atoms with E-state index in [1.54, 1.807) is 0 Å². The van der Waals surface area contributed by atoms with Gasteiger partial charge in [-0.15, -0.1) is 0 Å². The van der Waals surface area contributed by atoms with E-state index in [4.69, 9.17) is 5.11 Å². The van der Waals surface area contributed by atoms with E-state index in [1.165, 1.54) is 0 Å². The summed E-state index contributed by atoms with van der Waals surface area (Å²) in [6.07, 6.45) is 1.57. The molecule has 1 atom stereocenters. The molecule has 0 amide bonds. The SMILES string of the molecule is O=S1(=O)CCC[C@H](CO)C1. The molecule has 1 fully saturated rings. The number of aliphatic hydroxyl groups excluding tert-OH is 1. The molecule has 0 bridgehead atoms. The third-order valence-electron chi connectivity index (χ3n) is 1.82. The molecule has 1 N–H and O–H groups in total. The van der Waals surface area contributed by atoms with E-state index in [2.05, 4.69) is 0 Å². The standard InChI is InChI=1S/C6H12O3S/c7-4-6-2-1-3-10(8,9)5-6/h6-7H,1-5H2/t6-/m1/s1. The molecule has 0 unspecified atom stereocenters. The van der Waals surface area contributed by atoms with Crippen LogP contribution in [0.2, 0.25) is 0 Å². The second kappa shape index (κ2) is 2.88. The maximum Gasteiger partial charge on any atom is 0.150 e. The summed E-state index contributed by atoms with van der Waals surface area (Å²) < 4.78 is 21.8. The van der Waals surface area contributed by atoms with Crippen molar-refractivity contribution in [2.45, 2.75) is 12.8 Å². The number of hydrogen-bond acceptors (Lipinski definition) is 3. The zero-order valence-electron chi connectivity index (χ0n) is 5.78. The molecule has 1 aliphatic rings. The van der Waals surface area contributed by atoms with Crippen LogP contribution >= 0.6 is 0 Å². The normalized spacial score (nSPS) is 31.9. The molecule has 4 heteroatoms. The molecule has 0 aliphatic carbocycles. The maximum absolute atomic E-state index is 10.9. The van der Waals surface area contributed by atoms with Gasteiger partial charge in [-0.1, -0.05) is 0 Å². The van der Waals surface area contributed by atoms with Gasteiger partial charge in [0.05, 0.1) is 11.5 Å². The Morgan fingerprint density at radius 2 is 2.20 bits per heavy atom. The van der Waals surface area contributed by atoms with E-state index in [0.717, 1.165) is 6.42 Å². The van der Waals surface area contributed by atoms with Gasteiger partial charge >= 0.3 is 0 Å². The summed E-state index contributed by atoms with van der Waals surface area (Å²) in [7, 11) is -2.80. The fraction of sp³-hybridized carbons (Fsp3) is 1.00. The molecule has 1 rings (SSSR count). The van der Waals surface area contributed by atoms with E-state index in [-0.39, 0.29) is 18.3 Å². The van der Waals surface area contributed by atoms with E-state index >= 15 is 0 Å². The second-order valence-electron chi connectivity index (χ2n) is 2.81. The Labute approximate surface area is 61.0 Å². The van der Waals surface area contributed by atoms with Crippen molar-refractivity contribution in [1.82, 2.24) is 0 Å². The highest BCUT2D eigenvalue weighted by molar-refractivity contribution is 7.91. The van der Waals surface area contributed by atoms with Gasteiger partial charge in [-0.25, -0.2) is 8.42 Å². The first-order valence-corrected chi connectivity index (χ1v) is 5.27. The summed E-state index contributed by atoms with van der Waals surface area (Å²) in [4.78, 5) is 0. The third kappa shape index (κ3) is 1.95. The molecule has 1 aliphatic heterocycles. The average Bonchev–Trinajstić information content (AvgIpc) is 1.86. The molecule has 0 aromatic carbocycles. The fourth-order valence-corrected chi connectivity index (χ4v) is 3.03. The van der Waals surface area contributed by atoms with Crippen LogP contribution in [0.25, 0.3) is 0 Å². The van der Waals surface area contributed by atoms with Crippen LogP contribution in [0.5, 0.6) is 0 Å². The fourth-order valence-electron chi connectivity index (χ4n) is 1.26. The number of aliphatic hydroxyl groups is 1. The molecule has 10 heavy (non-hydrogen) atoms. The molecular weight excluding hydrogens is 152 g/mol. The molecule has 0 spiro atoms. The van der Waals surface area contributed by atoms with Crippen LogP contribution in [0.3, 0.4) is 0 Å². The minimum atomic E-state index is -2.80. The molecule has 0 radical (unpaired) electrons. The van der Waals surface area contributed by atoms with Crippen molar-refractivity contribution in [1.29, 1.82) is 0 Å². The van der Waals surface area contributed by atoms with Gasteiger partial charge in [0.2, 0.25) is 0 Å². The molecule has 0 saturated carbocycles. The topological polar surface area (TPSA) is 54.4 Å². The number of sulfone groups is 1. The molecule has 1 saturated heterocycles. The summed E-state index contributed by atoms with van der Waals surface area (Å²) in [5, 5.41) is 8.66. The first kappa shape index (κ1) is 8.01. The van der Waals surface area contributed by atoms with Crippen LogP contribution in [-0.2, 0) is 9.84 Å². The summed E-state index contributed by atoms with van der Waals surface area (Å²) in [5.41, 5.74) is 0. The van der Waals surface area contributed by atoms with Gasteiger partial charge in [0.15, 0.2) is 9.84 Å². The first-order valence-electron chi connectivity index (χ1n) is 3.45. The monoisotopic (exact) mass is 164 g/mol. The van der Waals surface area contributed by atoms with Gasteiger partial charge in [-0.2, -0.15) is 0 Å². The smallest absolute Gasteiger partial charge is 0.150 e. The van der Waals surface area contributed by atoms with Crippen molar-refractivity contribution < 1.29 is 13.5 Å². The first-order chi connectivity index (χ1) is 4.64. The second-order valence-corrected chi connectivity index (χ2v) is 5.03.